The molecule has 0 fully saturated rings. The van der Waals surface area contributed by atoms with Gasteiger partial charge in [-0.25, -0.2) is 0 Å². The van der Waals surface area contributed by atoms with Crippen molar-refractivity contribution in [2.45, 2.75) is 6.18 Å². The summed E-state index contributed by atoms with van der Waals surface area (Å²) in [6.45, 7) is 3.40. The number of halogens is 4. The molecular formula is C7H6ClF3N2. The van der Waals surface area contributed by atoms with E-state index in [0.29, 0.717) is 0 Å². The van der Waals surface area contributed by atoms with Gasteiger partial charge in [0.1, 0.15) is 5.69 Å². The van der Waals surface area contributed by atoms with Crippen molar-refractivity contribution in [2.24, 2.45) is 0 Å². The lowest BCUT2D eigenvalue weighted by atomic mass is 10.1. The Morgan fingerprint density at radius 1 is 1.62 bits per heavy atom. The van der Waals surface area contributed by atoms with Gasteiger partial charge < -0.3 is 0 Å². The molecule has 0 aliphatic heterocycles. The monoisotopic (exact) mass is 210 g/mol. The van der Waals surface area contributed by atoms with E-state index in [-0.39, 0.29) is 17.0 Å². The van der Waals surface area contributed by atoms with E-state index in [2.05, 4.69) is 11.7 Å². The lowest BCUT2D eigenvalue weighted by Gasteiger charge is -2.06. The van der Waals surface area contributed by atoms with Gasteiger partial charge in [-0.05, 0) is 5.57 Å². The molecule has 0 saturated carbocycles. The van der Waals surface area contributed by atoms with Gasteiger partial charge in [-0.15, -0.1) is 11.6 Å². The Bertz CT molecular complexity index is 316. The van der Waals surface area contributed by atoms with Crippen molar-refractivity contribution in [1.29, 1.82) is 0 Å². The van der Waals surface area contributed by atoms with Crippen LogP contribution in [0.3, 0.4) is 0 Å². The first-order chi connectivity index (χ1) is 5.96. The number of hydrogen-bond donors (Lipinski definition) is 1. The van der Waals surface area contributed by atoms with Gasteiger partial charge in [0, 0.05) is 11.4 Å². The quantitative estimate of drug-likeness (QED) is 0.747. The van der Waals surface area contributed by atoms with Gasteiger partial charge in [-0.1, -0.05) is 6.58 Å². The third kappa shape index (κ3) is 2.03. The van der Waals surface area contributed by atoms with Crippen LogP contribution in [-0.4, -0.2) is 16.1 Å². The summed E-state index contributed by atoms with van der Waals surface area (Å²) in [4.78, 5) is 0. The summed E-state index contributed by atoms with van der Waals surface area (Å²) in [7, 11) is 0. The van der Waals surface area contributed by atoms with Gasteiger partial charge in [-0.2, -0.15) is 18.3 Å². The van der Waals surface area contributed by atoms with Gasteiger partial charge in [0.2, 0.25) is 0 Å². The van der Waals surface area contributed by atoms with E-state index >= 15 is 0 Å². The molecule has 13 heavy (non-hydrogen) atoms. The first-order valence-electron chi connectivity index (χ1n) is 3.31. The molecule has 0 aromatic carbocycles. The molecule has 72 valence electrons. The molecule has 0 unspecified atom stereocenters. The molecule has 1 N–H and O–H groups in total. The molecule has 0 aliphatic rings. The molecule has 6 heteroatoms. The van der Waals surface area contributed by atoms with Crippen LogP contribution in [0, 0.1) is 0 Å². The fourth-order valence-corrected chi connectivity index (χ4v) is 0.986. The van der Waals surface area contributed by atoms with E-state index in [1.807, 2.05) is 5.10 Å². The Labute approximate surface area is 77.4 Å². The molecule has 0 saturated heterocycles. The number of alkyl halides is 4. The second kappa shape index (κ2) is 3.41. The molecule has 0 aliphatic carbocycles. The predicted molar refractivity (Wildman–Crippen MR) is 43.3 cm³/mol. The van der Waals surface area contributed by atoms with Crippen molar-refractivity contribution < 1.29 is 13.2 Å². The van der Waals surface area contributed by atoms with E-state index in [1.54, 1.807) is 0 Å². The molecule has 0 amide bonds. The standard InChI is InChI=1S/C7H6ClF3N2/c1-4(2-8)5-3-12-13-6(5)7(9,10)11/h3H,1-2H2,(H,12,13). The number of H-pyrrole nitrogens is 1. The first-order valence-corrected chi connectivity index (χ1v) is 3.85. The second-order valence-electron chi connectivity index (χ2n) is 2.39. The zero-order valence-electron chi connectivity index (χ0n) is 6.45. The molecule has 1 aromatic heterocycles. The minimum Gasteiger partial charge on any atom is -0.273 e. The second-order valence-corrected chi connectivity index (χ2v) is 2.66. The summed E-state index contributed by atoms with van der Waals surface area (Å²) in [5, 5.41) is 5.16. The average molecular weight is 211 g/mol. The molecule has 1 heterocycles. The maximum atomic E-state index is 12.2. The minimum absolute atomic E-state index is 0.0530. The third-order valence-corrected chi connectivity index (χ3v) is 1.79. The van der Waals surface area contributed by atoms with E-state index in [1.165, 1.54) is 0 Å². The summed E-state index contributed by atoms with van der Waals surface area (Å²) in [5.74, 6) is -0.0530. The highest BCUT2D eigenvalue weighted by atomic mass is 35.5. The maximum absolute atomic E-state index is 12.2. The fourth-order valence-electron chi connectivity index (χ4n) is 0.842. The van der Waals surface area contributed by atoms with Crippen LogP contribution >= 0.6 is 11.6 Å². The topological polar surface area (TPSA) is 28.7 Å². The number of nitrogens with zero attached hydrogens (tertiary/aromatic N) is 1. The zero-order chi connectivity index (χ0) is 10.1. The molecule has 2 nitrogen and oxygen atoms in total. The largest absolute Gasteiger partial charge is 0.433 e. The Hall–Kier alpha value is -0.970. The van der Waals surface area contributed by atoms with Crippen molar-refractivity contribution >= 4 is 17.2 Å². The molecule has 0 spiro atoms. The van der Waals surface area contributed by atoms with Crippen molar-refractivity contribution in [2.75, 3.05) is 5.88 Å². The fraction of sp³-hybridized carbons (Fsp3) is 0.286. The van der Waals surface area contributed by atoms with Crippen LogP contribution in [0.1, 0.15) is 11.3 Å². The van der Waals surface area contributed by atoms with Crippen LogP contribution in [-0.2, 0) is 6.18 Å². The SMILES string of the molecule is C=C(CCl)c1cn[nH]c1C(F)(F)F. The highest BCUT2D eigenvalue weighted by Crippen LogP contribution is 2.32. The lowest BCUT2D eigenvalue weighted by molar-refractivity contribution is -0.141. The smallest absolute Gasteiger partial charge is 0.273 e. The Balaban J connectivity index is 3.10. The number of hydrogen-bond acceptors (Lipinski definition) is 1. The molecular weight excluding hydrogens is 205 g/mol. The summed E-state index contributed by atoms with van der Waals surface area (Å²) >= 11 is 5.36. The van der Waals surface area contributed by atoms with E-state index in [0.717, 1.165) is 6.20 Å². The highest BCUT2D eigenvalue weighted by molar-refractivity contribution is 6.23. The van der Waals surface area contributed by atoms with Gasteiger partial charge in [0.05, 0.1) is 6.20 Å². The van der Waals surface area contributed by atoms with Crippen LogP contribution in [0.4, 0.5) is 13.2 Å². The number of aromatic amines is 1. The first kappa shape index (κ1) is 10.1. The summed E-state index contributed by atoms with van der Waals surface area (Å²) in [5.41, 5.74) is -0.789. The van der Waals surface area contributed by atoms with E-state index < -0.39 is 11.9 Å². The van der Waals surface area contributed by atoms with E-state index in [4.69, 9.17) is 11.6 Å². The van der Waals surface area contributed by atoms with Crippen LogP contribution in [0.25, 0.3) is 5.57 Å². The van der Waals surface area contributed by atoms with Crippen molar-refractivity contribution in [3.8, 4) is 0 Å². The van der Waals surface area contributed by atoms with Gasteiger partial charge in [0.25, 0.3) is 0 Å². The maximum Gasteiger partial charge on any atom is 0.433 e. The molecule has 0 atom stereocenters. The average Bonchev–Trinajstić information content (AvgIpc) is 2.49. The zero-order valence-corrected chi connectivity index (χ0v) is 7.21. The van der Waals surface area contributed by atoms with Crippen molar-refractivity contribution in [3.63, 3.8) is 0 Å². The molecule has 1 aromatic rings. The normalized spacial score (nSPS) is 11.7. The predicted octanol–water partition coefficient (Wildman–Crippen LogP) is 2.68. The number of nitrogens with one attached hydrogen (secondary N) is 1. The minimum atomic E-state index is -4.44. The number of allylic oxidation sites excluding steroid dienone is 1. The highest BCUT2D eigenvalue weighted by Gasteiger charge is 2.35. The number of aromatic nitrogens is 2. The molecule has 1 rings (SSSR count). The summed E-state index contributed by atoms with van der Waals surface area (Å²) in [6, 6.07) is 0. The van der Waals surface area contributed by atoms with Gasteiger partial charge in [-0.3, -0.25) is 5.10 Å². The van der Waals surface area contributed by atoms with Crippen LogP contribution in [0.2, 0.25) is 0 Å². The summed E-state index contributed by atoms with van der Waals surface area (Å²) in [6.07, 6.45) is -3.38. The summed E-state index contributed by atoms with van der Waals surface area (Å²) < 4.78 is 36.7. The van der Waals surface area contributed by atoms with Crippen LogP contribution < -0.4 is 0 Å². The third-order valence-electron chi connectivity index (χ3n) is 1.47. The Morgan fingerprint density at radius 3 is 2.69 bits per heavy atom. The van der Waals surface area contributed by atoms with Crippen LogP contribution in [0.15, 0.2) is 12.8 Å². The Kier molecular flexibility index (Phi) is 2.66. The van der Waals surface area contributed by atoms with Gasteiger partial charge >= 0.3 is 6.18 Å². The lowest BCUT2D eigenvalue weighted by Crippen LogP contribution is -2.08. The molecule has 0 radical (unpaired) electrons. The number of rotatable bonds is 2. The van der Waals surface area contributed by atoms with Crippen LogP contribution in [0.5, 0.6) is 0 Å². The Morgan fingerprint density at radius 2 is 2.23 bits per heavy atom. The van der Waals surface area contributed by atoms with Crippen molar-refractivity contribution in [1.82, 2.24) is 10.2 Å². The van der Waals surface area contributed by atoms with Crippen molar-refractivity contribution in [3.05, 3.63) is 24.0 Å². The molecule has 0 bridgehead atoms. The van der Waals surface area contributed by atoms with Gasteiger partial charge in [0.15, 0.2) is 0 Å². The van der Waals surface area contributed by atoms with E-state index in [9.17, 15) is 13.2 Å².